The maximum absolute atomic E-state index is 13.4. The summed E-state index contributed by atoms with van der Waals surface area (Å²) in [4.78, 5) is 24.8. The van der Waals surface area contributed by atoms with Crippen molar-refractivity contribution >= 4 is 11.9 Å². The first-order valence-corrected chi connectivity index (χ1v) is 7.14. The third-order valence-electron chi connectivity index (χ3n) is 3.87. The number of amides is 1. The first-order chi connectivity index (χ1) is 10.9. The van der Waals surface area contributed by atoms with Gasteiger partial charge in [-0.15, -0.1) is 5.10 Å². The van der Waals surface area contributed by atoms with Crippen LogP contribution in [0.5, 0.6) is 0 Å². The second kappa shape index (κ2) is 5.79. The van der Waals surface area contributed by atoms with Crippen LogP contribution in [0.3, 0.4) is 0 Å². The van der Waals surface area contributed by atoms with Crippen molar-refractivity contribution in [2.24, 2.45) is 0 Å². The Balaban J connectivity index is 1.82. The zero-order chi connectivity index (χ0) is 16.6. The summed E-state index contributed by atoms with van der Waals surface area (Å²) in [7, 11) is 0. The molecular weight excluding hydrogens is 303 g/mol. The molecule has 0 spiro atoms. The van der Waals surface area contributed by atoms with E-state index in [9.17, 15) is 14.0 Å². The molecule has 1 aliphatic rings. The highest BCUT2D eigenvalue weighted by atomic mass is 19.1. The Morgan fingerprint density at radius 1 is 1.39 bits per heavy atom. The predicted molar refractivity (Wildman–Crippen MR) is 77.1 cm³/mol. The average Bonchev–Trinajstić information content (AvgIpc) is 2.94. The van der Waals surface area contributed by atoms with Crippen molar-refractivity contribution in [1.29, 1.82) is 0 Å². The van der Waals surface area contributed by atoms with Crippen molar-refractivity contribution in [2.45, 2.75) is 32.5 Å². The van der Waals surface area contributed by atoms with Gasteiger partial charge in [0.05, 0.1) is 6.20 Å². The summed E-state index contributed by atoms with van der Waals surface area (Å²) in [6.45, 7) is 1.84. The molecule has 2 heterocycles. The van der Waals surface area contributed by atoms with Crippen LogP contribution in [-0.2, 0) is 24.3 Å². The monoisotopic (exact) mass is 318 g/mol. The van der Waals surface area contributed by atoms with Crippen LogP contribution in [-0.4, -0.2) is 42.9 Å². The fourth-order valence-corrected chi connectivity index (χ4v) is 2.74. The number of carbonyl (C=O) groups excluding carboxylic acids is 1. The summed E-state index contributed by atoms with van der Waals surface area (Å²) >= 11 is 0. The van der Waals surface area contributed by atoms with Gasteiger partial charge in [0.2, 0.25) is 0 Å². The highest BCUT2D eigenvalue weighted by Gasteiger charge is 2.29. The molecule has 1 aromatic carbocycles. The highest BCUT2D eigenvalue weighted by Crippen LogP contribution is 2.25. The Hall–Kier alpha value is -2.77. The summed E-state index contributed by atoms with van der Waals surface area (Å²) in [6, 6.07) is 4.53. The van der Waals surface area contributed by atoms with E-state index >= 15 is 0 Å². The largest absolute Gasteiger partial charge is 0.480 e. The van der Waals surface area contributed by atoms with Crippen molar-refractivity contribution < 1.29 is 19.1 Å². The van der Waals surface area contributed by atoms with Crippen LogP contribution >= 0.6 is 0 Å². The molecule has 1 aromatic heterocycles. The molecule has 1 atom stereocenters. The van der Waals surface area contributed by atoms with E-state index in [0.29, 0.717) is 13.0 Å². The number of rotatable bonds is 3. The summed E-state index contributed by atoms with van der Waals surface area (Å²) in [6.07, 6.45) is 1.94. The van der Waals surface area contributed by atoms with Gasteiger partial charge in [-0.2, -0.15) is 0 Å². The highest BCUT2D eigenvalue weighted by molar-refractivity contribution is 5.92. The molecule has 7 nitrogen and oxygen atoms in total. The minimum atomic E-state index is -1.07. The van der Waals surface area contributed by atoms with E-state index in [4.69, 9.17) is 5.11 Å². The van der Waals surface area contributed by atoms with Crippen LogP contribution in [0.15, 0.2) is 24.4 Å². The van der Waals surface area contributed by atoms with Gasteiger partial charge in [-0.05, 0) is 36.6 Å². The Morgan fingerprint density at radius 2 is 2.17 bits per heavy atom. The average molecular weight is 318 g/mol. The van der Waals surface area contributed by atoms with E-state index < -0.39 is 5.97 Å². The summed E-state index contributed by atoms with van der Waals surface area (Å²) in [5.74, 6) is -1.74. The van der Waals surface area contributed by atoms with Gasteiger partial charge in [0.25, 0.3) is 5.91 Å². The quantitative estimate of drug-likeness (QED) is 0.915. The van der Waals surface area contributed by atoms with Gasteiger partial charge in [-0.25, -0.2) is 9.07 Å². The lowest BCUT2D eigenvalue weighted by Crippen LogP contribution is -2.42. The van der Waals surface area contributed by atoms with Crippen molar-refractivity contribution in [3.05, 3.63) is 47.0 Å². The minimum absolute atomic E-state index is 0.0647. The lowest BCUT2D eigenvalue weighted by atomic mass is 9.94. The molecule has 23 heavy (non-hydrogen) atoms. The molecule has 2 aromatic rings. The molecule has 0 radical (unpaired) electrons. The number of hydrogen-bond acceptors (Lipinski definition) is 4. The van der Waals surface area contributed by atoms with Crippen LogP contribution < -0.4 is 0 Å². The standard InChI is InChI=1S/C15H15FN4O3/c1-9-4-10-2-3-12(16)5-11(10)6-20(9)15(23)13-7-19(18-17-13)8-14(21)22/h2-3,5,7,9H,4,6,8H2,1H3,(H,21,22). The number of carbonyl (C=O) groups is 2. The Morgan fingerprint density at radius 3 is 2.91 bits per heavy atom. The SMILES string of the molecule is CC1Cc2ccc(F)cc2CN1C(=O)c1cn(CC(=O)O)nn1. The van der Waals surface area contributed by atoms with E-state index in [-0.39, 0.29) is 30.0 Å². The van der Waals surface area contributed by atoms with Gasteiger partial charge in [0.1, 0.15) is 12.4 Å². The second-order valence-corrected chi connectivity index (χ2v) is 5.59. The van der Waals surface area contributed by atoms with Gasteiger partial charge < -0.3 is 10.0 Å². The molecule has 1 amide bonds. The van der Waals surface area contributed by atoms with Crippen molar-refractivity contribution in [1.82, 2.24) is 19.9 Å². The zero-order valence-corrected chi connectivity index (χ0v) is 12.4. The lowest BCUT2D eigenvalue weighted by Gasteiger charge is -2.34. The van der Waals surface area contributed by atoms with Gasteiger partial charge in [-0.1, -0.05) is 11.3 Å². The van der Waals surface area contributed by atoms with Gasteiger partial charge >= 0.3 is 5.97 Å². The number of nitrogens with zero attached hydrogens (tertiary/aromatic N) is 4. The van der Waals surface area contributed by atoms with Crippen LogP contribution in [0.1, 0.15) is 28.5 Å². The van der Waals surface area contributed by atoms with Gasteiger partial charge in [0, 0.05) is 12.6 Å². The van der Waals surface area contributed by atoms with Crippen LogP contribution in [0.4, 0.5) is 4.39 Å². The molecule has 0 fully saturated rings. The van der Waals surface area contributed by atoms with E-state index in [0.717, 1.165) is 15.8 Å². The first kappa shape index (κ1) is 15.1. The Bertz CT molecular complexity index is 774. The predicted octanol–water partition coefficient (Wildman–Crippen LogP) is 1.09. The van der Waals surface area contributed by atoms with Crippen LogP contribution in [0, 0.1) is 5.82 Å². The van der Waals surface area contributed by atoms with Crippen LogP contribution in [0.2, 0.25) is 0 Å². The number of aromatic nitrogens is 3. The molecular formula is C15H15FN4O3. The number of aliphatic carboxylic acids is 1. The van der Waals surface area contributed by atoms with Crippen molar-refractivity contribution in [3.63, 3.8) is 0 Å². The molecule has 3 rings (SSSR count). The number of hydrogen-bond donors (Lipinski definition) is 1. The summed E-state index contributed by atoms with van der Waals surface area (Å²) < 4.78 is 14.5. The molecule has 1 N–H and O–H groups in total. The Kier molecular flexibility index (Phi) is 3.81. The summed E-state index contributed by atoms with van der Waals surface area (Å²) in [5, 5.41) is 16.1. The maximum atomic E-state index is 13.4. The molecule has 0 saturated carbocycles. The van der Waals surface area contributed by atoms with Gasteiger partial charge in [0.15, 0.2) is 5.69 Å². The molecule has 1 aliphatic heterocycles. The Labute approximate surface area is 131 Å². The first-order valence-electron chi connectivity index (χ1n) is 7.14. The minimum Gasteiger partial charge on any atom is -0.480 e. The maximum Gasteiger partial charge on any atom is 0.325 e. The smallest absolute Gasteiger partial charge is 0.325 e. The number of carboxylic acids is 1. The number of benzene rings is 1. The number of carboxylic acid groups (broad SMARTS) is 1. The number of fused-ring (bicyclic) bond motifs is 1. The summed E-state index contributed by atoms with van der Waals surface area (Å²) in [5.41, 5.74) is 1.88. The normalized spacial score (nSPS) is 17.0. The van der Waals surface area contributed by atoms with E-state index in [2.05, 4.69) is 10.3 Å². The topological polar surface area (TPSA) is 88.3 Å². The van der Waals surface area contributed by atoms with Gasteiger partial charge in [-0.3, -0.25) is 9.59 Å². The second-order valence-electron chi connectivity index (χ2n) is 5.59. The van der Waals surface area contributed by atoms with E-state index in [1.165, 1.54) is 18.3 Å². The molecule has 1 unspecified atom stereocenters. The van der Waals surface area contributed by atoms with Crippen molar-refractivity contribution in [2.75, 3.05) is 0 Å². The molecule has 8 heteroatoms. The fraction of sp³-hybridized carbons (Fsp3) is 0.333. The molecule has 0 bridgehead atoms. The number of halogens is 1. The third-order valence-corrected chi connectivity index (χ3v) is 3.87. The molecule has 0 aliphatic carbocycles. The lowest BCUT2D eigenvalue weighted by molar-refractivity contribution is -0.137. The van der Waals surface area contributed by atoms with E-state index in [1.54, 1.807) is 11.0 Å². The molecule has 120 valence electrons. The fourth-order valence-electron chi connectivity index (χ4n) is 2.74. The molecule has 0 saturated heterocycles. The van der Waals surface area contributed by atoms with E-state index in [1.807, 2.05) is 6.92 Å². The van der Waals surface area contributed by atoms with Crippen molar-refractivity contribution in [3.8, 4) is 0 Å². The third kappa shape index (κ3) is 3.05. The van der Waals surface area contributed by atoms with Crippen LogP contribution in [0.25, 0.3) is 0 Å². The zero-order valence-electron chi connectivity index (χ0n) is 12.4.